The van der Waals surface area contributed by atoms with Gasteiger partial charge in [0.1, 0.15) is 5.82 Å². The Labute approximate surface area is 186 Å². The summed E-state index contributed by atoms with van der Waals surface area (Å²) in [5.74, 6) is -1.07. The number of carbonyl (C=O) groups is 1. The molecule has 1 aliphatic heterocycles. The second-order valence-electron chi connectivity index (χ2n) is 7.11. The summed E-state index contributed by atoms with van der Waals surface area (Å²) in [6.07, 6.45) is 0.381. The van der Waals surface area contributed by atoms with Gasteiger partial charge in [-0.15, -0.1) is 0 Å². The van der Waals surface area contributed by atoms with Gasteiger partial charge < -0.3 is 5.32 Å². The molecule has 1 N–H and O–H groups in total. The van der Waals surface area contributed by atoms with Crippen molar-refractivity contribution >= 4 is 50.0 Å². The highest BCUT2D eigenvalue weighted by Crippen LogP contribution is 2.24. The summed E-state index contributed by atoms with van der Waals surface area (Å²) in [6, 6.07) is 10.2. The number of nitrogens with one attached hydrogen (secondary N) is 1. The number of rotatable bonds is 5. The summed E-state index contributed by atoms with van der Waals surface area (Å²) in [6.45, 7) is 0. The van der Waals surface area contributed by atoms with Crippen LogP contribution in [0.15, 0.2) is 52.4 Å². The Morgan fingerprint density at radius 1 is 1.29 bits per heavy atom. The number of hydrogen-bond donors (Lipinski definition) is 1. The molecule has 1 atom stereocenters. The van der Waals surface area contributed by atoms with E-state index in [1.807, 2.05) is 0 Å². The van der Waals surface area contributed by atoms with Gasteiger partial charge in [0.25, 0.3) is 5.56 Å². The minimum Gasteiger partial charge on any atom is -0.352 e. The lowest BCUT2D eigenvalue weighted by Gasteiger charge is -2.14. The van der Waals surface area contributed by atoms with E-state index in [1.54, 1.807) is 24.3 Å². The molecule has 0 aliphatic carbocycles. The number of carbonyl (C=O) groups excluding carboxylic acids is 1. The summed E-state index contributed by atoms with van der Waals surface area (Å²) >= 11 is 6.93. The van der Waals surface area contributed by atoms with Crippen molar-refractivity contribution in [2.75, 3.05) is 17.3 Å². The van der Waals surface area contributed by atoms with Gasteiger partial charge >= 0.3 is 0 Å². The molecule has 2 heterocycles. The van der Waals surface area contributed by atoms with Crippen molar-refractivity contribution in [3.63, 3.8) is 0 Å². The van der Waals surface area contributed by atoms with Crippen LogP contribution in [-0.4, -0.2) is 47.2 Å². The van der Waals surface area contributed by atoms with Gasteiger partial charge in [-0.3, -0.25) is 14.2 Å². The maximum Gasteiger partial charge on any atom is 0.266 e. The second-order valence-corrected chi connectivity index (χ2v) is 10.7. The highest BCUT2D eigenvalue weighted by atomic mass is 35.5. The maximum atomic E-state index is 13.6. The number of aromatic nitrogens is 2. The predicted octanol–water partition coefficient (Wildman–Crippen LogP) is 2.57. The van der Waals surface area contributed by atoms with Gasteiger partial charge in [0, 0.05) is 6.04 Å². The van der Waals surface area contributed by atoms with Gasteiger partial charge in [0.2, 0.25) is 5.91 Å². The fraction of sp³-hybridized carbons (Fsp3) is 0.250. The molecule has 4 rings (SSSR count). The molecule has 0 spiro atoms. The average Bonchev–Trinajstić information content (AvgIpc) is 3.07. The van der Waals surface area contributed by atoms with Gasteiger partial charge in [0.05, 0.1) is 38.9 Å². The third kappa shape index (κ3) is 4.76. The third-order valence-corrected chi connectivity index (χ3v) is 7.83. The molecule has 1 aromatic heterocycles. The fourth-order valence-corrected chi connectivity index (χ4v) is 6.04. The molecule has 0 unspecified atom stereocenters. The van der Waals surface area contributed by atoms with Crippen molar-refractivity contribution in [3.8, 4) is 5.69 Å². The molecular weight excluding hydrogens is 465 g/mol. The Morgan fingerprint density at radius 3 is 2.77 bits per heavy atom. The third-order valence-electron chi connectivity index (χ3n) is 4.84. The summed E-state index contributed by atoms with van der Waals surface area (Å²) < 4.78 is 38.1. The zero-order valence-corrected chi connectivity index (χ0v) is 18.4. The second kappa shape index (κ2) is 8.60. The van der Waals surface area contributed by atoms with Crippen molar-refractivity contribution in [2.45, 2.75) is 17.6 Å². The highest BCUT2D eigenvalue weighted by Gasteiger charge is 2.29. The normalized spacial score (nSPS) is 17.7. The summed E-state index contributed by atoms with van der Waals surface area (Å²) in [4.78, 5) is 30.0. The van der Waals surface area contributed by atoms with Crippen molar-refractivity contribution in [1.29, 1.82) is 0 Å². The molecule has 0 radical (unpaired) electrons. The standard InChI is InChI=1S/C20H17ClFN3O4S2/c21-15-9-13(5-6-16(15)22)25-19(27)14-3-1-2-4-17(14)24-20(25)30-10-18(26)23-12-7-8-31(28,29)11-12/h1-6,9,12H,7-8,10-11H2,(H,23,26)/t12-/m1/s1. The zero-order chi connectivity index (χ0) is 22.2. The number of amides is 1. The largest absolute Gasteiger partial charge is 0.352 e. The highest BCUT2D eigenvalue weighted by molar-refractivity contribution is 7.99. The molecule has 11 heteroatoms. The first-order valence-corrected chi connectivity index (χ1v) is 12.5. The van der Waals surface area contributed by atoms with E-state index in [1.165, 1.54) is 16.7 Å². The van der Waals surface area contributed by atoms with Crippen LogP contribution in [0.2, 0.25) is 5.02 Å². The van der Waals surface area contributed by atoms with Gasteiger partial charge in [-0.05, 0) is 36.8 Å². The van der Waals surface area contributed by atoms with Crippen LogP contribution in [0.25, 0.3) is 16.6 Å². The van der Waals surface area contributed by atoms with E-state index in [-0.39, 0.29) is 38.9 Å². The van der Waals surface area contributed by atoms with E-state index in [0.717, 1.165) is 17.8 Å². The van der Waals surface area contributed by atoms with Gasteiger partial charge in [-0.25, -0.2) is 17.8 Å². The molecule has 162 valence electrons. The van der Waals surface area contributed by atoms with Gasteiger partial charge in [-0.2, -0.15) is 0 Å². The van der Waals surface area contributed by atoms with Crippen LogP contribution in [-0.2, 0) is 14.6 Å². The van der Waals surface area contributed by atoms with Gasteiger partial charge in [-0.1, -0.05) is 35.5 Å². The molecule has 3 aromatic rings. The molecule has 1 amide bonds. The number of fused-ring (bicyclic) bond motifs is 1. The molecule has 0 saturated carbocycles. The molecular formula is C20H17ClFN3O4S2. The lowest BCUT2D eigenvalue weighted by Crippen LogP contribution is -2.36. The molecule has 0 bridgehead atoms. The summed E-state index contributed by atoms with van der Waals surface area (Å²) in [5, 5.41) is 3.17. The minimum absolute atomic E-state index is 0.0577. The number of halogens is 2. The van der Waals surface area contributed by atoms with Gasteiger partial charge in [0.15, 0.2) is 15.0 Å². The molecule has 7 nitrogen and oxygen atoms in total. The number of hydrogen-bond acceptors (Lipinski definition) is 6. The van der Waals surface area contributed by atoms with Crippen LogP contribution >= 0.6 is 23.4 Å². The van der Waals surface area contributed by atoms with E-state index < -0.39 is 21.7 Å². The van der Waals surface area contributed by atoms with E-state index in [0.29, 0.717) is 23.0 Å². The fourth-order valence-electron chi connectivity index (χ4n) is 3.37. The number of para-hydroxylation sites is 1. The van der Waals surface area contributed by atoms with Crippen LogP contribution in [0.3, 0.4) is 0 Å². The average molecular weight is 482 g/mol. The zero-order valence-electron chi connectivity index (χ0n) is 16.0. The Morgan fingerprint density at radius 2 is 2.06 bits per heavy atom. The molecule has 1 fully saturated rings. The van der Waals surface area contributed by atoms with Crippen molar-refractivity contribution in [3.05, 3.63) is 63.7 Å². The molecule has 2 aromatic carbocycles. The number of nitrogens with zero attached hydrogens (tertiary/aromatic N) is 2. The first kappa shape index (κ1) is 21.8. The Balaban J connectivity index is 1.65. The van der Waals surface area contributed by atoms with Crippen LogP contribution < -0.4 is 10.9 Å². The summed E-state index contributed by atoms with van der Waals surface area (Å²) in [7, 11) is -3.11. The molecule has 31 heavy (non-hydrogen) atoms. The first-order chi connectivity index (χ1) is 14.7. The monoisotopic (exact) mass is 481 g/mol. The predicted molar refractivity (Wildman–Crippen MR) is 118 cm³/mol. The lowest BCUT2D eigenvalue weighted by molar-refractivity contribution is -0.119. The Kier molecular flexibility index (Phi) is 6.05. The summed E-state index contributed by atoms with van der Waals surface area (Å²) in [5.41, 5.74) is 0.402. The smallest absolute Gasteiger partial charge is 0.266 e. The molecule has 1 saturated heterocycles. The van der Waals surface area contributed by atoms with Crippen LogP contribution in [0.4, 0.5) is 4.39 Å². The SMILES string of the molecule is O=C(CSc1nc2ccccc2c(=O)n1-c1ccc(F)c(Cl)c1)N[C@@H]1CCS(=O)(=O)C1. The van der Waals surface area contributed by atoms with Crippen LogP contribution in [0, 0.1) is 5.82 Å². The number of benzene rings is 2. The van der Waals surface area contributed by atoms with Crippen LogP contribution in [0.1, 0.15) is 6.42 Å². The van der Waals surface area contributed by atoms with Crippen molar-refractivity contribution in [1.82, 2.24) is 14.9 Å². The van der Waals surface area contributed by atoms with E-state index in [9.17, 15) is 22.4 Å². The topological polar surface area (TPSA) is 98.1 Å². The van der Waals surface area contributed by atoms with Crippen LogP contribution in [0.5, 0.6) is 0 Å². The quantitative estimate of drug-likeness (QED) is 0.444. The number of thioether (sulfide) groups is 1. The van der Waals surface area contributed by atoms with Crippen molar-refractivity contribution in [2.24, 2.45) is 0 Å². The first-order valence-electron chi connectivity index (χ1n) is 9.33. The Hall–Kier alpha value is -2.43. The van der Waals surface area contributed by atoms with E-state index in [4.69, 9.17) is 11.6 Å². The van der Waals surface area contributed by atoms with E-state index in [2.05, 4.69) is 10.3 Å². The Bertz CT molecular complexity index is 1340. The lowest BCUT2D eigenvalue weighted by atomic mass is 10.2. The van der Waals surface area contributed by atoms with Crippen molar-refractivity contribution < 1.29 is 17.6 Å². The minimum atomic E-state index is -3.11. The molecule has 1 aliphatic rings. The van der Waals surface area contributed by atoms with E-state index >= 15 is 0 Å². The number of sulfone groups is 1. The maximum absolute atomic E-state index is 13.6.